The normalized spacial score (nSPS) is 34.1. The van der Waals surface area contributed by atoms with Crippen LogP contribution in [0.15, 0.2) is 0 Å². The Bertz CT molecular complexity index is 220. The van der Waals surface area contributed by atoms with Crippen molar-refractivity contribution in [1.29, 1.82) is 0 Å². The zero-order valence-electron chi connectivity index (χ0n) is 9.25. The van der Waals surface area contributed by atoms with Crippen LogP contribution in [0.3, 0.4) is 0 Å². The van der Waals surface area contributed by atoms with E-state index in [9.17, 15) is 4.79 Å². The number of hydrogen-bond donors (Lipinski definition) is 1. The Balaban J connectivity index is 2.68. The number of carbonyl (C=O) groups is 1. The van der Waals surface area contributed by atoms with E-state index in [2.05, 4.69) is 4.90 Å². The van der Waals surface area contributed by atoms with Crippen LogP contribution in [0.1, 0.15) is 20.3 Å². The van der Waals surface area contributed by atoms with Gasteiger partial charge in [0.05, 0.1) is 6.61 Å². The first kappa shape index (κ1) is 11.5. The Labute approximate surface area is 85.4 Å². The Kier molecular flexibility index (Phi) is 3.50. The molecule has 1 heterocycles. The molecule has 4 nitrogen and oxygen atoms in total. The van der Waals surface area contributed by atoms with Crippen LogP contribution in [-0.2, 0) is 9.53 Å². The van der Waals surface area contributed by atoms with E-state index in [-0.39, 0.29) is 11.9 Å². The summed E-state index contributed by atoms with van der Waals surface area (Å²) < 4.78 is 5.01. The summed E-state index contributed by atoms with van der Waals surface area (Å²) in [5.41, 5.74) is 5.32. The fourth-order valence-corrected chi connectivity index (χ4v) is 1.91. The van der Waals surface area contributed by atoms with E-state index in [0.717, 1.165) is 13.1 Å². The highest BCUT2D eigenvalue weighted by Crippen LogP contribution is 2.26. The summed E-state index contributed by atoms with van der Waals surface area (Å²) in [4.78, 5) is 13.9. The fourth-order valence-electron chi connectivity index (χ4n) is 1.91. The van der Waals surface area contributed by atoms with Crippen molar-refractivity contribution in [2.45, 2.75) is 25.8 Å². The molecule has 1 aliphatic rings. The monoisotopic (exact) mass is 200 g/mol. The molecule has 0 amide bonds. The molecule has 0 saturated carbocycles. The van der Waals surface area contributed by atoms with Crippen LogP contribution in [0.5, 0.6) is 0 Å². The summed E-state index contributed by atoms with van der Waals surface area (Å²) in [7, 11) is 2.04. The molecule has 1 aliphatic heterocycles. The van der Waals surface area contributed by atoms with E-state index < -0.39 is 5.54 Å². The lowest BCUT2D eigenvalue weighted by Crippen LogP contribution is -2.61. The van der Waals surface area contributed by atoms with Crippen LogP contribution >= 0.6 is 0 Å². The van der Waals surface area contributed by atoms with Crippen molar-refractivity contribution in [2.24, 2.45) is 11.7 Å². The molecule has 4 heteroatoms. The molecule has 82 valence electrons. The van der Waals surface area contributed by atoms with Crippen molar-refractivity contribution in [3.8, 4) is 0 Å². The number of carbonyl (C=O) groups excluding carboxylic acids is 1. The lowest BCUT2D eigenvalue weighted by molar-refractivity contribution is -0.153. The SMILES string of the molecule is CCOC(=O)C1(N)CCN(C)CC1C. The summed E-state index contributed by atoms with van der Waals surface area (Å²) in [5, 5.41) is 0. The number of nitrogens with two attached hydrogens (primary N) is 1. The molecular weight excluding hydrogens is 180 g/mol. The van der Waals surface area contributed by atoms with Gasteiger partial charge in [-0.2, -0.15) is 0 Å². The van der Waals surface area contributed by atoms with E-state index in [1.165, 1.54) is 0 Å². The van der Waals surface area contributed by atoms with Crippen LogP contribution in [-0.4, -0.2) is 43.2 Å². The standard InChI is InChI=1S/C10H20N2O2/c1-4-14-9(13)10(11)5-6-12(3)7-8(10)2/h8H,4-7,11H2,1-3H3. The smallest absolute Gasteiger partial charge is 0.326 e. The van der Waals surface area contributed by atoms with Crippen molar-refractivity contribution >= 4 is 5.97 Å². The predicted molar refractivity (Wildman–Crippen MR) is 54.8 cm³/mol. The second kappa shape index (κ2) is 4.28. The third-order valence-corrected chi connectivity index (χ3v) is 3.03. The van der Waals surface area contributed by atoms with E-state index in [0.29, 0.717) is 13.0 Å². The molecule has 0 aromatic heterocycles. The van der Waals surface area contributed by atoms with Gasteiger partial charge in [0.1, 0.15) is 5.54 Å². The summed E-state index contributed by atoms with van der Waals surface area (Å²) in [6, 6.07) is 0. The van der Waals surface area contributed by atoms with Crippen molar-refractivity contribution in [3.63, 3.8) is 0 Å². The lowest BCUT2D eigenvalue weighted by Gasteiger charge is -2.40. The van der Waals surface area contributed by atoms with Crippen LogP contribution in [0.25, 0.3) is 0 Å². The maximum atomic E-state index is 11.7. The molecule has 0 aromatic rings. The predicted octanol–water partition coefficient (Wildman–Crippen LogP) is 0.219. The minimum atomic E-state index is -0.775. The largest absolute Gasteiger partial charge is 0.465 e. The molecule has 14 heavy (non-hydrogen) atoms. The Morgan fingerprint density at radius 3 is 2.86 bits per heavy atom. The molecular formula is C10H20N2O2. The van der Waals surface area contributed by atoms with Crippen LogP contribution < -0.4 is 5.73 Å². The van der Waals surface area contributed by atoms with Crippen LogP contribution in [0, 0.1) is 5.92 Å². The average molecular weight is 200 g/mol. The van der Waals surface area contributed by atoms with Gasteiger partial charge in [-0.15, -0.1) is 0 Å². The summed E-state index contributed by atoms with van der Waals surface area (Å²) >= 11 is 0. The molecule has 2 unspecified atom stereocenters. The molecule has 0 spiro atoms. The van der Waals surface area contributed by atoms with Gasteiger partial charge in [0.15, 0.2) is 0 Å². The second-order valence-corrected chi connectivity index (χ2v) is 4.17. The number of likely N-dealkylation sites (tertiary alicyclic amines) is 1. The fraction of sp³-hybridized carbons (Fsp3) is 0.900. The molecule has 1 fully saturated rings. The third kappa shape index (κ3) is 2.07. The van der Waals surface area contributed by atoms with Gasteiger partial charge in [-0.3, -0.25) is 4.79 Å². The van der Waals surface area contributed by atoms with Gasteiger partial charge in [0.2, 0.25) is 0 Å². The zero-order chi connectivity index (χ0) is 10.8. The number of nitrogens with zero attached hydrogens (tertiary/aromatic N) is 1. The Morgan fingerprint density at radius 2 is 2.36 bits per heavy atom. The second-order valence-electron chi connectivity index (χ2n) is 4.17. The molecule has 1 saturated heterocycles. The third-order valence-electron chi connectivity index (χ3n) is 3.03. The Morgan fingerprint density at radius 1 is 1.71 bits per heavy atom. The minimum absolute atomic E-state index is 0.153. The summed E-state index contributed by atoms with van der Waals surface area (Å²) in [5.74, 6) is -0.0964. The molecule has 2 atom stereocenters. The number of rotatable bonds is 2. The van der Waals surface area contributed by atoms with Crippen molar-refractivity contribution in [1.82, 2.24) is 4.90 Å². The molecule has 0 radical (unpaired) electrons. The average Bonchev–Trinajstić information content (AvgIpc) is 2.12. The quantitative estimate of drug-likeness (QED) is 0.648. The first-order chi connectivity index (χ1) is 6.50. The first-order valence-electron chi connectivity index (χ1n) is 5.15. The topological polar surface area (TPSA) is 55.6 Å². The van der Waals surface area contributed by atoms with Gasteiger partial charge in [-0.1, -0.05) is 6.92 Å². The zero-order valence-corrected chi connectivity index (χ0v) is 9.25. The van der Waals surface area contributed by atoms with Gasteiger partial charge in [-0.05, 0) is 26.3 Å². The maximum absolute atomic E-state index is 11.7. The number of hydrogen-bond acceptors (Lipinski definition) is 4. The van der Waals surface area contributed by atoms with E-state index in [1.807, 2.05) is 14.0 Å². The van der Waals surface area contributed by atoms with Gasteiger partial charge in [-0.25, -0.2) is 0 Å². The van der Waals surface area contributed by atoms with Crippen molar-refractivity contribution in [2.75, 3.05) is 26.7 Å². The summed E-state index contributed by atoms with van der Waals surface area (Å²) in [6.07, 6.45) is 0.684. The van der Waals surface area contributed by atoms with E-state index in [4.69, 9.17) is 10.5 Å². The molecule has 2 N–H and O–H groups in total. The lowest BCUT2D eigenvalue weighted by atomic mass is 9.80. The molecule has 0 aliphatic carbocycles. The highest BCUT2D eigenvalue weighted by Gasteiger charge is 2.43. The number of ether oxygens (including phenoxy) is 1. The van der Waals surface area contributed by atoms with E-state index >= 15 is 0 Å². The van der Waals surface area contributed by atoms with Crippen LogP contribution in [0.2, 0.25) is 0 Å². The van der Waals surface area contributed by atoms with Gasteiger partial charge in [0.25, 0.3) is 0 Å². The van der Waals surface area contributed by atoms with Gasteiger partial charge >= 0.3 is 5.97 Å². The van der Waals surface area contributed by atoms with Gasteiger partial charge in [0, 0.05) is 13.1 Å². The maximum Gasteiger partial charge on any atom is 0.326 e. The molecule has 0 bridgehead atoms. The number of esters is 1. The molecule has 1 rings (SSSR count). The van der Waals surface area contributed by atoms with Crippen molar-refractivity contribution < 1.29 is 9.53 Å². The first-order valence-corrected chi connectivity index (χ1v) is 5.15. The highest BCUT2D eigenvalue weighted by atomic mass is 16.5. The minimum Gasteiger partial charge on any atom is -0.465 e. The van der Waals surface area contributed by atoms with Crippen LogP contribution in [0.4, 0.5) is 0 Å². The van der Waals surface area contributed by atoms with E-state index in [1.54, 1.807) is 6.92 Å². The summed E-state index contributed by atoms with van der Waals surface area (Å²) in [6.45, 7) is 5.93. The highest BCUT2D eigenvalue weighted by molar-refractivity contribution is 5.81. The number of piperidine rings is 1. The Hall–Kier alpha value is -0.610. The van der Waals surface area contributed by atoms with Crippen molar-refractivity contribution in [3.05, 3.63) is 0 Å². The van der Waals surface area contributed by atoms with Gasteiger partial charge < -0.3 is 15.4 Å². The molecule has 0 aromatic carbocycles.